The Morgan fingerprint density at radius 1 is 1.25 bits per heavy atom. The molecule has 2 aromatic heterocycles. The molecule has 1 fully saturated rings. The van der Waals surface area contributed by atoms with Gasteiger partial charge < -0.3 is 19.9 Å². The molecule has 0 saturated heterocycles. The van der Waals surface area contributed by atoms with E-state index in [1.807, 2.05) is 0 Å². The van der Waals surface area contributed by atoms with Gasteiger partial charge in [-0.3, -0.25) is 14.6 Å². The number of nitrogens with one attached hydrogen (secondary N) is 2. The molecule has 1 saturated carbocycles. The highest BCUT2D eigenvalue weighted by molar-refractivity contribution is 6.36. The summed E-state index contributed by atoms with van der Waals surface area (Å²) in [5.41, 5.74) is -0.815. The zero-order valence-electron chi connectivity index (χ0n) is 18.7. The second kappa shape index (κ2) is 10.4. The van der Waals surface area contributed by atoms with E-state index >= 15 is 4.39 Å². The lowest BCUT2D eigenvalue weighted by molar-refractivity contribution is -0.124. The summed E-state index contributed by atoms with van der Waals surface area (Å²) in [4.78, 5) is 29.2. The minimum absolute atomic E-state index is 0.0225. The van der Waals surface area contributed by atoms with Crippen molar-refractivity contribution < 1.29 is 32.0 Å². The zero-order valence-corrected chi connectivity index (χ0v) is 20.2. The average Bonchev–Trinajstić information content (AvgIpc) is 3.38. The Bertz CT molecular complexity index is 1290. The van der Waals surface area contributed by atoms with Gasteiger partial charge in [0.15, 0.2) is 5.69 Å². The summed E-state index contributed by atoms with van der Waals surface area (Å²) in [6.45, 7) is 0.617. The lowest BCUT2D eigenvalue weighted by atomic mass is 10.0. The maximum atomic E-state index is 15.1. The number of alkyl halides is 2. The van der Waals surface area contributed by atoms with Crippen LogP contribution >= 0.6 is 23.2 Å². The summed E-state index contributed by atoms with van der Waals surface area (Å²) in [5, 5.41) is 8.99. The third kappa shape index (κ3) is 5.57. The summed E-state index contributed by atoms with van der Waals surface area (Å²) in [6.07, 6.45) is 0.584. The van der Waals surface area contributed by atoms with Crippen LogP contribution in [0.1, 0.15) is 42.0 Å². The quantitative estimate of drug-likeness (QED) is 0.395. The highest BCUT2D eigenvalue weighted by Crippen LogP contribution is 2.40. The van der Waals surface area contributed by atoms with Crippen LogP contribution in [0.5, 0.6) is 5.75 Å². The van der Waals surface area contributed by atoms with E-state index in [1.54, 1.807) is 0 Å². The van der Waals surface area contributed by atoms with Gasteiger partial charge in [-0.2, -0.15) is 0 Å². The first-order chi connectivity index (χ1) is 17.1. The molecule has 0 unspecified atom stereocenters. The number of ether oxygens (including phenoxy) is 1. The molecule has 13 heteroatoms. The number of halogens is 5. The number of hydrogen-bond donors (Lipinski definition) is 2. The Morgan fingerprint density at radius 2 is 2.00 bits per heavy atom. The van der Waals surface area contributed by atoms with Crippen molar-refractivity contribution in [2.75, 3.05) is 6.61 Å². The van der Waals surface area contributed by atoms with Crippen molar-refractivity contribution in [3.8, 4) is 16.9 Å². The van der Waals surface area contributed by atoms with Gasteiger partial charge >= 0.3 is 0 Å². The van der Waals surface area contributed by atoms with E-state index in [0.717, 1.165) is 6.07 Å². The second-order valence-corrected chi connectivity index (χ2v) is 9.02. The molecule has 0 spiro atoms. The highest BCUT2D eigenvalue weighted by atomic mass is 35.5. The lowest BCUT2D eigenvalue weighted by Crippen LogP contribution is -2.49. The van der Waals surface area contributed by atoms with Crippen LogP contribution < -0.4 is 15.4 Å². The summed E-state index contributed by atoms with van der Waals surface area (Å²) >= 11 is 12.2. The topological polar surface area (TPSA) is 106 Å². The fourth-order valence-electron chi connectivity index (χ4n) is 3.53. The number of carbonyl (C=O) groups excluding carboxylic acids is 2. The van der Waals surface area contributed by atoms with Crippen LogP contribution in [-0.4, -0.2) is 40.5 Å². The molecule has 190 valence electrons. The van der Waals surface area contributed by atoms with E-state index in [9.17, 15) is 18.4 Å². The molecule has 3 aromatic rings. The molecule has 0 bridgehead atoms. The number of pyridine rings is 1. The molecule has 2 amide bonds. The van der Waals surface area contributed by atoms with Gasteiger partial charge in [0, 0.05) is 28.4 Å². The SMILES string of the molecule is C[C@@H](NC(=O)C1(NC(=O)c2ccon2)CC1)c1ncc(-c2cc(Cl)cc(Cl)c2OCC(F)F)cc1F. The molecule has 2 N–H and O–H groups in total. The summed E-state index contributed by atoms with van der Waals surface area (Å²) in [6, 6.07) is 4.33. The predicted octanol–water partition coefficient (Wildman–Crippen LogP) is 4.97. The first-order valence-corrected chi connectivity index (χ1v) is 11.4. The van der Waals surface area contributed by atoms with Crippen LogP contribution in [0.4, 0.5) is 13.2 Å². The van der Waals surface area contributed by atoms with Crippen molar-refractivity contribution in [2.45, 2.75) is 37.8 Å². The molecule has 1 aromatic carbocycles. The largest absolute Gasteiger partial charge is 0.485 e. The van der Waals surface area contributed by atoms with Crippen LogP contribution in [-0.2, 0) is 4.79 Å². The second-order valence-electron chi connectivity index (χ2n) is 8.17. The molecule has 1 aliphatic carbocycles. The zero-order chi connectivity index (χ0) is 26.0. The van der Waals surface area contributed by atoms with Crippen LogP contribution in [0.2, 0.25) is 10.0 Å². The van der Waals surface area contributed by atoms with E-state index in [2.05, 4.69) is 25.3 Å². The van der Waals surface area contributed by atoms with Crippen molar-refractivity contribution in [3.05, 3.63) is 64.0 Å². The Kier molecular flexibility index (Phi) is 7.41. The number of amides is 2. The summed E-state index contributed by atoms with van der Waals surface area (Å²) < 4.78 is 50.2. The van der Waals surface area contributed by atoms with Crippen LogP contribution in [0.15, 0.2) is 41.2 Å². The van der Waals surface area contributed by atoms with Gasteiger partial charge in [0.25, 0.3) is 12.3 Å². The molecule has 4 rings (SSSR count). The third-order valence-electron chi connectivity index (χ3n) is 5.51. The van der Waals surface area contributed by atoms with Gasteiger partial charge in [-0.05, 0) is 38.0 Å². The number of hydrogen-bond acceptors (Lipinski definition) is 6. The fraction of sp³-hybridized carbons (Fsp3) is 0.304. The number of rotatable bonds is 9. The lowest BCUT2D eigenvalue weighted by Gasteiger charge is -2.21. The maximum Gasteiger partial charge on any atom is 0.274 e. The standard InChI is InChI=1S/C23H19Cl2F3N4O4/c1-11(30-22(34)23(3-4-23)31-21(33)17-2-5-36-32-17)19-16(26)6-12(9-29-19)14-7-13(24)8-15(25)20(14)35-10-18(27)28/h2,5-9,11,18H,3-4,10H2,1H3,(H,30,34)(H,31,33)/t11-/m1/s1. The number of carbonyl (C=O) groups is 2. The van der Waals surface area contributed by atoms with Gasteiger partial charge in [0.05, 0.1) is 16.8 Å². The molecule has 8 nitrogen and oxygen atoms in total. The molecule has 36 heavy (non-hydrogen) atoms. The Morgan fingerprint density at radius 3 is 2.61 bits per heavy atom. The van der Waals surface area contributed by atoms with Crippen molar-refractivity contribution in [1.29, 1.82) is 0 Å². The molecule has 2 heterocycles. The summed E-state index contributed by atoms with van der Waals surface area (Å²) in [5.74, 6) is -1.92. The predicted molar refractivity (Wildman–Crippen MR) is 124 cm³/mol. The minimum Gasteiger partial charge on any atom is -0.485 e. The minimum atomic E-state index is -2.75. The smallest absolute Gasteiger partial charge is 0.274 e. The third-order valence-corrected chi connectivity index (χ3v) is 6.01. The first-order valence-electron chi connectivity index (χ1n) is 10.7. The Hall–Kier alpha value is -3.31. The molecule has 1 aliphatic rings. The van der Waals surface area contributed by atoms with Gasteiger partial charge in [-0.25, -0.2) is 13.2 Å². The van der Waals surface area contributed by atoms with Gasteiger partial charge in [0.2, 0.25) is 5.91 Å². The van der Waals surface area contributed by atoms with Crippen molar-refractivity contribution >= 4 is 35.0 Å². The Labute approximate surface area is 213 Å². The van der Waals surface area contributed by atoms with Crippen molar-refractivity contribution in [2.24, 2.45) is 0 Å². The molecular formula is C23H19Cl2F3N4O4. The average molecular weight is 543 g/mol. The highest BCUT2D eigenvalue weighted by Gasteiger charge is 2.51. The van der Waals surface area contributed by atoms with Crippen molar-refractivity contribution in [1.82, 2.24) is 20.8 Å². The molecule has 0 aliphatic heterocycles. The maximum absolute atomic E-state index is 15.1. The monoisotopic (exact) mass is 542 g/mol. The van der Waals surface area contributed by atoms with Crippen LogP contribution in [0.25, 0.3) is 11.1 Å². The summed E-state index contributed by atoms with van der Waals surface area (Å²) in [7, 11) is 0. The normalized spacial score (nSPS) is 14.9. The molecular weight excluding hydrogens is 524 g/mol. The van der Waals surface area contributed by atoms with E-state index in [1.165, 1.54) is 37.6 Å². The number of nitrogens with zero attached hydrogens (tertiary/aromatic N) is 2. The number of benzene rings is 1. The first kappa shape index (κ1) is 25.8. The van der Waals surface area contributed by atoms with Crippen LogP contribution in [0, 0.1) is 5.82 Å². The van der Waals surface area contributed by atoms with E-state index in [-0.39, 0.29) is 38.3 Å². The van der Waals surface area contributed by atoms with Gasteiger partial charge in [0.1, 0.15) is 30.0 Å². The van der Waals surface area contributed by atoms with Gasteiger partial charge in [-0.15, -0.1) is 0 Å². The van der Waals surface area contributed by atoms with Gasteiger partial charge in [-0.1, -0.05) is 28.4 Å². The van der Waals surface area contributed by atoms with Crippen LogP contribution in [0.3, 0.4) is 0 Å². The fourth-order valence-corrected chi connectivity index (χ4v) is 4.08. The molecule has 0 radical (unpaired) electrons. The number of aromatic nitrogens is 2. The van der Waals surface area contributed by atoms with Crippen molar-refractivity contribution in [3.63, 3.8) is 0 Å². The Balaban J connectivity index is 1.50. The molecule has 1 atom stereocenters. The van der Waals surface area contributed by atoms with E-state index < -0.39 is 42.2 Å². The van der Waals surface area contributed by atoms with E-state index in [4.69, 9.17) is 27.9 Å². The van der Waals surface area contributed by atoms with E-state index in [0.29, 0.717) is 12.8 Å².